The molecule has 0 radical (unpaired) electrons. The number of para-hydroxylation sites is 1. The topological polar surface area (TPSA) is 39.1 Å². The van der Waals surface area contributed by atoms with Crippen molar-refractivity contribution in [3.63, 3.8) is 0 Å². The number of nitrogens with one attached hydrogen (secondary N) is 1. The van der Waals surface area contributed by atoms with E-state index in [9.17, 15) is 0 Å². The lowest BCUT2D eigenvalue weighted by Crippen LogP contribution is -2.05. The highest BCUT2D eigenvalue weighted by atomic mass is 32.2. The van der Waals surface area contributed by atoms with Crippen LogP contribution in [0.4, 0.5) is 11.6 Å². The maximum Gasteiger partial charge on any atom is 0.207 e. The van der Waals surface area contributed by atoms with Gasteiger partial charge >= 0.3 is 0 Å². The molecule has 0 amide bonds. The Hall–Kier alpha value is -1.46. The molecule has 0 aliphatic rings. The van der Waals surface area contributed by atoms with Gasteiger partial charge in [-0.05, 0) is 24.8 Å². The van der Waals surface area contributed by atoms with Gasteiger partial charge < -0.3 is 14.6 Å². The summed E-state index contributed by atoms with van der Waals surface area (Å²) in [5.41, 5.74) is 1.09. The van der Waals surface area contributed by atoms with E-state index >= 15 is 0 Å². The quantitative estimate of drug-likeness (QED) is 0.622. The third kappa shape index (κ3) is 3.75. The molecule has 19 heavy (non-hydrogen) atoms. The van der Waals surface area contributed by atoms with E-state index in [-0.39, 0.29) is 0 Å². The first-order chi connectivity index (χ1) is 9.35. The number of thioether (sulfide) groups is 1. The number of benzene rings is 1. The summed E-state index contributed by atoms with van der Waals surface area (Å²) >= 11 is 1.73. The number of aromatic nitrogens is 2. The molecule has 1 N–H and O–H groups in total. The smallest absolute Gasteiger partial charge is 0.207 e. The second-order valence-corrected chi connectivity index (χ2v) is 4.96. The van der Waals surface area contributed by atoms with Crippen molar-refractivity contribution < 1.29 is 4.74 Å². The molecule has 0 saturated carbocycles. The molecule has 0 unspecified atom stereocenters. The van der Waals surface area contributed by atoms with E-state index in [0.717, 1.165) is 31.2 Å². The Morgan fingerprint density at radius 2 is 2.21 bits per heavy atom. The van der Waals surface area contributed by atoms with Crippen LogP contribution in [-0.2, 0) is 11.3 Å². The van der Waals surface area contributed by atoms with Crippen molar-refractivity contribution >= 4 is 23.4 Å². The van der Waals surface area contributed by atoms with Gasteiger partial charge in [-0.25, -0.2) is 4.98 Å². The third-order valence-electron chi connectivity index (χ3n) is 2.82. The Kier molecular flexibility index (Phi) is 5.30. The summed E-state index contributed by atoms with van der Waals surface area (Å²) in [7, 11) is 1.72. The van der Waals surface area contributed by atoms with E-state index in [2.05, 4.69) is 33.3 Å². The zero-order chi connectivity index (χ0) is 13.5. The normalized spacial score (nSPS) is 10.6. The minimum absolute atomic E-state index is 0.763. The molecule has 0 aliphatic heterocycles. The van der Waals surface area contributed by atoms with Crippen molar-refractivity contribution in [1.82, 2.24) is 9.55 Å². The van der Waals surface area contributed by atoms with Gasteiger partial charge in [0.1, 0.15) is 0 Å². The molecule has 0 bridgehead atoms. The molecule has 0 atom stereocenters. The number of aryl methyl sites for hydroxylation is 1. The number of rotatable bonds is 7. The van der Waals surface area contributed by atoms with Gasteiger partial charge in [0.2, 0.25) is 5.95 Å². The van der Waals surface area contributed by atoms with Crippen LogP contribution in [0.2, 0.25) is 0 Å². The molecule has 2 rings (SSSR count). The largest absolute Gasteiger partial charge is 0.385 e. The number of hydrogen-bond acceptors (Lipinski definition) is 4. The molecule has 4 nitrogen and oxygen atoms in total. The van der Waals surface area contributed by atoms with Crippen molar-refractivity contribution in [1.29, 1.82) is 0 Å². The van der Waals surface area contributed by atoms with Crippen molar-refractivity contribution in [2.24, 2.45) is 0 Å². The number of hydrogen-bond donors (Lipinski definition) is 1. The molecule has 5 heteroatoms. The lowest BCUT2D eigenvalue weighted by molar-refractivity contribution is 0.190. The van der Waals surface area contributed by atoms with Crippen LogP contribution in [0.5, 0.6) is 0 Å². The molecule has 0 aliphatic carbocycles. The van der Waals surface area contributed by atoms with Crippen LogP contribution in [0.3, 0.4) is 0 Å². The second kappa shape index (κ2) is 7.21. The molecule has 0 spiro atoms. The summed E-state index contributed by atoms with van der Waals surface area (Å²) in [6.07, 6.45) is 6.85. The summed E-state index contributed by atoms with van der Waals surface area (Å²) in [4.78, 5) is 5.58. The molecular formula is C14H19N3OS. The van der Waals surface area contributed by atoms with E-state index in [1.54, 1.807) is 18.9 Å². The number of methoxy groups -OCH3 is 1. The zero-order valence-electron chi connectivity index (χ0n) is 11.3. The number of ether oxygens (including phenoxy) is 1. The molecular weight excluding hydrogens is 258 g/mol. The summed E-state index contributed by atoms with van der Waals surface area (Å²) in [6.45, 7) is 1.66. The monoisotopic (exact) mass is 277 g/mol. The van der Waals surface area contributed by atoms with E-state index in [0.29, 0.717) is 0 Å². The van der Waals surface area contributed by atoms with Gasteiger partial charge in [-0.2, -0.15) is 0 Å². The van der Waals surface area contributed by atoms with Crippen molar-refractivity contribution in [3.8, 4) is 0 Å². The van der Waals surface area contributed by atoms with Crippen LogP contribution in [0.1, 0.15) is 6.42 Å². The maximum absolute atomic E-state index is 5.08. The number of imidazole rings is 1. The summed E-state index contributed by atoms with van der Waals surface area (Å²) in [5, 5.41) is 3.39. The fourth-order valence-corrected chi connectivity index (χ4v) is 2.41. The highest BCUT2D eigenvalue weighted by molar-refractivity contribution is 7.98. The van der Waals surface area contributed by atoms with E-state index in [1.807, 2.05) is 24.5 Å². The number of anilines is 2. The third-order valence-corrected chi connectivity index (χ3v) is 3.61. The fraction of sp³-hybridized carbons (Fsp3) is 0.357. The lowest BCUT2D eigenvalue weighted by atomic mass is 10.3. The van der Waals surface area contributed by atoms with Crippen molar-refractivity contribution in [2.75, 3.05) is 25.3 Å². The molecule has 102 valence electrons. The van der Waals surface area contributed by atoms with Crippen LogP contribution in [0.25, 0.3) is 0 Å². The maximum atomic E-state index is 5.08. The minimum Gasteiger partial charge on any atom is -0.385 e. The summed E-state index contributed by atoms with van der Waals surface area (Å²) in [5.74, 6) is 0.873. The standard InChI is InChI=1S/C14H19N3OS/c1-18-11-5-9-17-10-8-15-14(17)16-12-6-3-4-7-13(12)19-2/h3-4,6-8,10H,5,9,11H2,1-2H3,(H,15,16). The molecule has 1 heterocycles. The van der Waals surface area contributed by atoms with Crippen molar-refractivity contribution in [2.45, 2.75) is 17.9 Å². The molecule has 2 aromatic rings. The Labute approximate surface area is 118 Å². The number of nitrogens with zero attached hydrogens (tertiary/aromatic N) is 2. The Morgan fingerprint density at radius 1 is 1.37 bits per heavy atom. The highest BCUT2D eigenvalue weighted by Gasteiger charge is 2.05. The first kappa shape index (κ1) is 14.0. The summed E-state index contributed by atoms with van der Waals surface area (Å²) < 4.78 is 7.18. The molecule has 1 aromatic carbocycles. The predicted octanol–water partition coefficient (Wildman–Crippen LogP) is 3.39. The van der Waals surface area contributed by atoms with Gasteiger partial charge in [0.15, 0.2) is 0 Å². The van der Waals surface area contributed by atoms with E-state index in [4.69, 9.17) is 4.74 Å². The minimum atomic E-state index is 0.763. The Balaban J connectivity index is 2.08. The van der Waals surface area contributed by atoms with Gasteiger partial charge in [-0.1, -0.05) is 12.1 Å². The van der Waals surface area contributed by atoms with E-state index < -0.39 is 0 Å². The zero-order valence-corrected chi connectivity index (χ0v) is 12.1. The molecule has 1 aromatic heterocycles. The lowest BCUT2D eigenvalue weighted by Gasteiger charge is -2.12. The molecule has 0 fully saturated rings. The molecule has 0 saturated heterocycles. The predicted molar refractivity (Wildman–Crippen MR) is 80.2 cm³/mol. The van der Waals surface area contributed by atoms with Crippen LogP contribution >= 0.6 is 11.8 Å². The van der Waals surface area contributed by atoms with Gasteiger partial charge in [0.25, 0.3) is 0 Å². The van der Waals surface area contributed by atoms with Gasteiger partial charge in [-0.3, -0.25) is 0 Å². The van der Waals surface area contributed by atoms with Gasteiger partial charge in [0.05, 0.1) is 5.69 Å². The first-order valence-electron chi connectivity index (χ1n) is 6.25. The van der Waals surface area contributed by atoms with Gasteiger partial charge in [-0.15, -0.1) is 11.8 Å². The first-order valence-corrected chi connectivity index (χ1v) is 7.47. The summed E-state index contributed by atoms with van der Waals surface area (Å²) in [6, 6.07) is 8.24. The second-order valence-electron chi connectivity index (χ2n) is 4.12. The fourth-order valence-electron chi connectivity index (χ4n) is 1.86. The van der Waals surface area contributed by atoms with Gasteiger partial charge in [0, 0.05) is 37.6 Å². The average Bonchev–Trinajstić information content (AvgIpc) is 2.87. The highest BCUT2D eigenvalue weighted by Crippen LogP contribution is 2.27. The SMILES string of the molecule is COCCCn1ccnc1Nc1ccccc1SC. The van der Waals surface area contributed by atoms with Crippen molar-refractivity contribution in [3.05, 3.63) is 36.7 Å². The average molecular weight is 277 g/mol. The van der Waals surface area contributed by atoms with Crippen LogP contribution in [0, 0.1) is 0 Å². The van der Waals surface area contributed by atoms with E-state index in [1.165, 1.54) is 4.90 Å². The van der Waals surface area contributed by atoms with Crippen LogP contribution < -0.4 is 5.32 Å². The Bertz CT molecular complexity index is 513. The van der Waals surface area contributed by atoms with Crippen LogP contribution in [-0.4, -0.2) is 29.5 Å². The Morgan fingerprint density at radius 3 is 3.00 bits per heavy atom. The van der Waals surface area contributed by atoms with Crippen LogP contribution in [0.15, 0.2) is 41.6 Å².